The second kappa shape index (κ2) is 4.87. The van der Waals surface area contributed by atoms with E-state index in [0.717, 1.165) is 19.6 Å². The van der Waals surface area contributed by atoms with Crippen LogP contribution in [0.25, 0.3) is 0 Å². The van der Waals surface area contributed by atoms with Gasteiger partial charge in [0.15, 0.2) is 0 Å². The lowest BCUT2D eigenvalue weighted by Gasteiger charge is -2.10. The van der Waals surface area contributed by atoms with Gasteiger partial charge in [0.1, 0.15) is 12.7 Å². The highest BCUT2D eigenvalue weighted by Gasteiger charge is 2.00. The highest BCUT2D eigenvalue weighted by molar-refractivity contribution is 4.58. The molecule has 0 aliphatic heterocycles. The molecule has 1 atom stereocenters. The van der Waals surface area contributed by atoms with Crippen molar-refractivity contribution in [2.24, 2.45) is 0 Å². The van der Waals surface area contributed by atoms with Crippen molar-refractivity contribution in [2.45, 2.75) is 32.9 Å². The van der Waals surface area contributed by atoms with Crippen LogP contribution < -0.4 is 0 Å². The quantitative estimate of drug-likeness (QED) is 0.662. The van der Waals surface area contributed by atoms with Crippen LogP contribution in [0.2, 0.25) is 0 Å². The molecule has 4 heteroatoms. The molecule has 1 rings (SSSR count). The lowest BCUT2D eigenvalue weighted by molar-refractivity contribution is 0.0664. The van der Waals surface area contributed by atoms with Gasteiger partial charge in [-0.2, -0.15) is 5.10 Å². The normalized spacial score (nSPS) is 13.2. The van der Waals surface area contributed by atoms with E-state index in [-0.39, 0.29) is 0 Å². The van der Waals surface area contributed by atoms with E-state index in [1.165, 1.54) is 0 Å². The van der Waals surface area contributed by atoms with Gasteiger partial charge < -0.3 is 4.74 Å². The summed E-state index contributed by atoms with van der Waals surface area (Å²) in [7, 11) is 0. The first-order valence-corrected chi connectivity index (χ1v) is 4.27. The van der Waals surface area contributed by atoms with Crippen LogP contribution in [0.3, 0.4) is 0 Å². The highest BCUT2D eigenvalue weighted by atomic mass is 16.5. The predicted octanol–water partition coefficient (Wildman–Crippen LogP) is 1.09. The molecule has 1 aromatic heterocycles. The fourth-order valence-electron chi connectivity index (χ4n) is 1.03. The Morgan fingerprint density at radius 1 is 1.58 bits per heavy atom. The number of rotatable bonds is 5. The number of hydrogen-bond acceptors (Lipinski definition) is 3. The molecule has 0 saturated carbocycles. The largest absolute Gasteiger partial charge is 0.379 e. The molecule has 0 fully saturated rings. The van der Waals surface area contributed by atoms with Crippen LogP contribution in [0.5, 0.6) is 0 Å². The molecule has 0 bridgehead atoms. The summed E-state index contributed by atoms with van der Waals surface area (Å²) in [6.07, 6.45) is 4.56. The van der Waals surface area contributed by atoms with E-state index in [1.807, 2.05) is 11.6 Å². The van der Waals surface area contributed by atoms with E-state index in [1.54, 1.807) is 12.7 Å². The van der Waals surface area contributed by atoms with Gasteiger partial charge >= 0.3 is 0 Å². The maximum atomic E-state index is 5.38. The number of aryl methyl sites for hydroxylation is 1. The van der Waals surface area contributed by atoms with E-state index in [9.17, 15) is 0 Å². The molecule has 0 saturated heterocycles. The van der Waals surface area contributed by atoms with Crippen molar-refractivity contribution in [1.82, 2.24) is 14.8 Å². The number of ether oxygens (including phenoxy) is 1. The Morgan fingerprint density at radius 2 is 2.42 bits per heavy atom. The minimum atomic E-state index is 0.305. The predicted molar refractivity (Wildman–Crippen MR) is 45.7 cm³/mol. The molecule has 0 aromatic carbocycles. The topological polar surface area (TPSA) is 39.9 Å². The summed E-state index contributed by atoms with van der Waals surface area (Å²) in [4.78, 5) is 3.86. The lowest BCUT2D eigenvalue weighted by Crippen LogP contribution is -2.12. The fourth-order valence-corrected chi connectivity index (χ4v) is 1.03. The molecule has 0 radical (unpaired) electrons. The van der Waals surface area contributed by atoms with Crippen molar-refractivity contribution in [3.8, 4) is 0 Å². The summed E-state index contributed by atoms with van der Waals surface area (Å²) in [5, 5.41) is 4.00. The van der Waals surface area contributed by atoms with Gasteiger partial charge in [-0.05, 0) is 20.3 Å². The molecular formula is C8H15N3O. The van der Waals surface area contributed by atoms with Crippen LogP contribution in [0, 0.1) is 0 Å². The van der Waals surface area contributed by atoms with Crippen molar-refractivity contribution < 1.29 is 4.74 Å². The highest BCUT2D eigenvalue weighted by Crippen LogP contribution is 1.98. The third-order valence-corrected chi connectivity index (χ3v) is 1.68. The minimum absolute atomic E-state index is 0.305. The van der Waals surface area contributed by atoms with Crippen LogP contribution in [0.15, 0.2) is 12.7 Å². The van der Waals surface area contributed by atoms with Gasteiger partial charge in [-0.1, -0.05) is 0 Å². The number of aromatic nitrogens is 3. The second-order valence-electron chi connectivity index (χ2n) is 2.71. The van der Waals surface area contributed by atoms with Gasteiger partial charge in [0.25, 0.3) is 0 Å². The zero-order valence-corrected chi connectivity index (χ0v) is 7.60. The second-order valence-corrected chi connectivity index (χ2v) is 2.71. The monoisotopic (exact) mass is 169 g/mol. The van der Waals surface area contributed by atoms with Gasteiger partial charge in [-0.3, -0.25) is 4.68 Å². The third-order valence-electron chi connectivity index (χ3n) is 1.68. The van der Waals surface area contributed by atoms with E-state index in [0.29, 0.717) is 6.10 Å². The van der Waals surface area contributed by atoms with Crippen molar-refractivity contribution >= 4 is 0 Å². The Bertz CT molecular complexity index is 198. The summed E-state index contributed by atoms with van der Waals surface area (Å²) in [6, 6.07) is 0. The first-order chi connectivity index (χ1) is 5.83. The maximum Gasteiger partial charge on any atom is 0.137 e. The van der Waals surface area contributed by atoms with Crippen LogP contribution in [0.1, 0.15) is 20.3 Å². The Kier molecular flexibility index (Phi) is 3.73. The van der Waals surface area contributed by atoms with Crippen molar-refractivity contribution in [3.05, 3.63) is 12.7 Å². The Hall–Kier alpha value is -0.900. The molecule has 0 aliphatic carbocycles. The third kappa shape index (κ3) is 3.00. The summed E-state index contributed by atoms with van der Waals surface area (Å²) in [6.45, 7) is 5.73. The summed E-state index contributed by atoms with van der Waals surface area (Å²) in [5.74, 6) is 0. The van der Waals surface area contributed by atoms with Gasteiger partial charge in [-0.25, -0.2) is 4.98 Å². The van der Waals surface area contributed by atoms with Crippen molar-refractivity contribution in [3.63, 3.8) is 0 Å². The fraction of sp³-hybridized carbons (Fsp3) is 0.750. The van der Waals surface area contributed by atoms with E-state index in [4.69, 9.17) is 4.74 Å². The average Bonchev–Trinajstić information content (AvgIpc) is 2.53. The molecule has 68 valence electrons. The van der Waals surface area contributed by atoms with E-state index in [2.05, 4.69) is 17.0 Å². The molecule has 1 heterocycles. The molecule has 1 aromatic rings. The first-order valence-electron chi connectivity index (χ1n) is 4.27. The van der Waals surface area contributed by atoms with E-state index >= 15 is 0 Å². The van der Waals surface area contributed by atoms with Gasteiger partial charge in [-0.15, -0.1) is 0 Å². The van der Waals surface area contributed by atoms with Crippen molar-refractivity contribution in [1.29, 1.82) is 0 Å². The molecule has 0 aliphatic rings. The maximum absolute atomic E-state index is 5.38. The zero-order chi connectivity index (χ0) is 8.81. The number of nitrogens with zero attached hydrogens (tertiary/aromatic N) is 3. The van der Waals surface area contributed by atoms with Gasteiger partial charge in [0.05, 0.1) is 6.10 Å². The molecule has 0 spiro atoms. The molecule has 0 amide bonds. The summed E-state index contributed by atoms with van der Waals surface area (Å²) in [5.41, 5.74) is 0. The molecule has 4 nitrogen and oxygen atoms in total. The molecule has 12 heavy (non-hydrogen) atoms. The Labute approximate surface area is 72.6 Å². The van der Waals surface area contributed by atoms with Crippen LogP contribution in [-0.2, 0) is 11.3 Å². The van der Waals surface area contributed by atoms with Crippen molar-refractivity contribution in [2.75, 3.05) is 6.61 Å². The Morgan fingerprint density at radius 3 is 3.00 bits per heavy atom. The average molecular weight is 169 g/mol. The van der Waals surface area contributed by atoms with E-state index < -0.39 is 0 Å². The molecule has 0 N–H and O–H groups in total. The van der Waals surface area contributed by atoms with Gasteiger partial charge in [0.2, 0.25) is 0 Å². The molecular weight excluding hydrogens is 154 g/mol. The minimum Gasteiger partial charge on any atom is -0.379 e. The smallest absolute Gasteiger partial charge is 0.137 e. The number of hydrogen-bond donors (Lipinski definition) is 0. The zero-order valence-electron chi connectivity index (χ0n) is 7.60. The van der Waals surface area contributed by atoms with Crippen LogP contribution >= 0.6 is 0 Å². The summed E-state index contributed by atoms with van der Waals surface area (Å²) >= 11 is 0. The molecule has 1 unspecified atom stereocenters. The summed E-state index contributed by atoms with van der Waals surface area (Å²) < 4.78 is 7.19. The van der Waals surface area contributed by atoms with Gasteiger partial charge in [0, 0.05) is 13.2 Å². The van der Waals surface area contributed by atoms with Crippen LogP contribution in [0.4, 0.5) is 0 Å². The lowest BCUT2D eigenvalue weighted by atomic mass is 10.3. The Balaban J connectivity index is 2.17. The SMILES string of the molecule is CCOC(C)CCn1cncn1. The first kappa shape index (κ1) is 9.19. The standard InChI is InChI=1S/C8H15N3O/c1-3-12-8(2)4-5-11-7-9-6-10-11/h6-8H,3-5H2,1-2H3. The van der Waals surface area contributed by atoms with Crippen LogP contribution in [-0.4, -0.2) is 27.5 Å².